The van der Waals surface area contributed by atoms with E-state index in [0.29, 0.717) is 0 Å². The van der Waals surface area contributed by atoms with Crippen molar-refractivity contribution in [3.8, 4) is 0 Å². The van der Waals surface area contributed by atoms with E-state index in [2.05, 4.69) is 45.6 Å². The summed E-state index contributed by atoms with van der Waals surface area (Å²) in [5.41, 5.74) is 1.29. The summed E-state index contributed by atoms with van der Waals surface area (Å²) in [5.74, 6) is 0. The molecule has 0 saturated carbocycles. The summed E-state index contributed by atoms with van der Waals surface area (Å²) >= 11 is 0. The normalized spacial score (nSPS) is 10.6. The van der Waals surface area contributed by atoms with E-state index in [1.165, 1.54) is 17.2 Å². The third-order valence-corrected chi connectivity index (χ3v) is 1.61. The number of aryl methyl sites for hydroxylation is 1. The highest BCUT2D eigenvalue weighted by atomic mass is 13.9. The fraction of sp³-hybridized carbons (Fsp3) is 0.385. The Kier molecular flexibility index (Phi) is 5.96. The molecule has 0 saturated heterocycles. The molecule has 72 valence electrons. The van der Waals surface area contributed by atoms with Gasteiger partial charge in [0.15, 0.2) is 0 Å². The van der Waals surface area contributed by atoms with E-state index in [4.69, 9.17) is 0 Å². The Balaban J connectivity index is 0.000000424. The molecule has 0 fully saturated rings. The van der Waals surface area contributed by atoms with Crippen LogP contribution in [0.15, 0.2) is 18.2 Å². The maximum Gasteiger partial charge on any atom is -0.0230 e. The molecule has 0 aliphatic rings. The molecule has 0 unspecified atom stereocenters. The lowest BCUT2D eigenvalue weighted by Crippen LogP contribution is -2.21. The summed E-state index contributed by atoms with van der Waals surface area (Å²) < 4.78 is 0. The van der Waals surface area contributed by atoms with Gasteiger partial charge in [0.05, 0.1) is 0 Å². The summed E-state index contributed by atoms with van der Waals surface area (Å²) in [7, 11) is 0. The van der Waals surface area contributed by atoms with Gasteiger partial charge in [-0.05, 0) is 24.3 Å². The lowest BCUT2D eigenvalue weighted by Gasteiger charge is -1.90. The quantitative estimate of drug-likeness (QED) is 0.570. The Morgan fingerprint density at radius 2 is 1.85 bits per heavy atom. The van der Waals surface area contributed by atoms with E-state index in [1.54, 1.807) is 0 Å². The minimum absolute atomic E-state index is 1.10. The van der Waals surface area contributed by atoms with E-state index in [0.717, 1.165) is 5.22 Å². The van der Waals surface area contributed by atoms with Gasteiger partial charge in [-0.25, -0.2) is 0 Å². The predicted octanol–water partition coefficient (Wildman–Crippen LogP) is 2.62. The van der Waals surface area contributed by atoms with Gasteiger partial charge in [-0.3, -0.25) is 0 Å². The number of hydrogen-bond acceptors (Lipinski definition) is 0. The first-order valence-corrected chi connectivity index (χ1v) is 4.87. The minimum Gasteiger partial charge on any atom is -0.0912 e. The second-order valence-corrected chi connectivity index (χ2v) is 3.20. The van der Waals surface area contributed by atoms with Gasteiger partial charge in [0.2, 0.25) is 0 Å². The van der Waals surface area contributed by atoms with Crippen LogP contribution in [0.25, 0.3) is 12.7 Å². The molecule has 1 rings (SSSR count). The average molecular weight is 176 g/mol. The molecule has 13 heavy (non-hydrogen) atoms. The van der Waals surface area contributed by atoms with Gasteiger partial charge >= 0.3 is 0 Å². The number of rotatable bonds is 0. The maximum atomic E-state index is 3.90. The van der Waals surface area contributed by atoms with Crippen LogP contribution in [0, 0.1) is 6.92 Å². The largest absolute Gasteiger partial charge is 0.0912 e. The van der Waals surface area contributed by atoms with Crippen LogP contribution in [0.2, 0.25) is 0 Å². The first kappa shape index (κ1) is 12.0. The molecule has 0 radical (unpaired) electrons. The van der Waals surface area contributed by atoms with E-state index in [1.807, 2.05) is 13.0 Å². The van der Waals surface area contributed by atoms with Gasteiger partial charge in [-0.2, -0.15) is 0 Å². The van der Waals surface area contributed by atoms with Crippen molar-refractivity contribution >= 4 is 12.7 Å². The predicted molar refractivity (Wildman–Crippen MR) is 62.1 cm³/mol. The molecule has 0 amide bonds. The number of benzene rings is 1. The van der Waals surface area contributed by atoms with Crippen LogP contribution >= 0.6 is 0 Å². The second-order valence-electron chi connectivity index (χ2n) is 3.20. The average Bonchev–Trinajstić information content (AvgIpc) is 2.10. The maximum absolute atomic E-state index is 3.90. The van der Waals surface area contributed by atoms with Crippen LogP contribution in [0.5, 0.6) is 0 Å². The summed E-state index contributed by atoms with van der Waals surface area (Å²) in [5, 5.41) is 2.34. The van der Waals surface area contributed by atoms with Crippen LogP contribution in [-0.4, -0.2) is 0 Å². The standard InChI is InChI=1S/C10H12.C3H8/c1-4-10-7-8(2)5-6-9(10)3;1-3-2/h4-7H,3H2,1-2H3;3H2,1-2H3/b10-4-;. The molecule has 0 N–H and O–H groups in total. The van der Waals surface area contributed by atoms with Crippen molar-refractivity contribution in [3.05, 3.63) is 34.2 Å². The van der Waals surface area contributed by atoms with Crippen molar-refractivity contribution < 1.29 is 0 Å². The molecule has 0 aromatic heterocycles. The summed E-state index contributed by atoms with van der Waals surface area (Å²) in [4.78, 5) is 0. The second kappa shape index (κ2) is 6.47. The minimum atomic E-state index is 1.10. The van der Waals surface area contributed by atoms with Crippen molar-refractivity contribution in [1.82, 2.24) is 0 Å². The molecule has 0 spiro atoms. The van der Waals surface area contributed by atoms with E-state index in [9.17, 15) is 0 Å². The van der Waals surface area contributed by atoms with Crippen LogP contribution in [0.1, 0.15) is 32.8 Å². The summed E-state index contributed by atoms with van der Waals surface area (Å²) in [6, 6.07) is 6.27. The van der Waals surface area contributed by atoms with Crippen molar-refractivity contribution in [1.29, 1.82) is 0 Å². The fourth-order valence-electron chi connectivity index (χ4n) is 0.983. The Hall–Kier alpha value is -1.04. The Bertz CT molecular complexity index is 334. The molecular weight excluding hydrogens is 156 g/mol. The first-order chi connectivity index (χ1) is 6.15. The lowest BCUT2D eigenvalue weighted by molar-refractivity contribution is 1.09. The molecule has 0 atom stereocenters. The Labute approximate surface area is 81.6 Å². The van der Waals surface area contributed by atoms with Gasteiger partial charge in [-0.1, -0.05) is 56.7 Å². The molecule has 1 aromatic rings. The highest BCUT2D eigenvalue weighted by molar-refractivity contribution is 5.27. The first-order valence-electron chi connectivity index (χ1n) is 4.87. The zero-order valence-electron chi connectivity index (χ0n) is 9.22. The molecule has 0 bridgehead atoms. The third-order valence-electron chi connectivity index (χ3n) is 1.61. The van der Waals surface area contributed by atoms with Crippen LogP contribution in [-0.2, 0) is 0 Å². The summed E-state index contributed by atoms with van der Waals surface area (Å²) in [6.07, 6.45) is 3.33. The van der Waals surface area contributed by atoms with E-state index in [-0.39, 0.29) is 0 Å². The molecular formula is C13H20. The van der Waals surface area contributed by atoms with Gasteiger partial charge < -0.3 is 0 Å². The Morgan fingerprint density at radius 3 is 2.23 bits per heavy atom. The number of hydrogen-bond donors (Lipinski definition) is 0. The van der Waals surface area contributed by atoms with Gasteiger partial charge in [0.25, 0.3) is 0 Å². The van der Waals surface area contributed by atoms with E-state index < -0.39 is 0 Å². The smallest absolute Gasteiger partial charge is 0.0230 e. The van der Waals surface area contributed by atoms with Crippen molar-refractivity contribution in [2.45, 2.75) is 34.1 Å². The van der Waals surface area contributed by atoms with Crippen LogP contribution in [0.3, 0.4) is 0 Å². The highest BCUT2D eigenvalue weighted by Crippen LogP contribution is 1.85. The monoisotopic (exact) mass is 176 g/mol. The van der Waals surface area contributed by atoms with Gasteiger partial charge in [0.1, 0.15) is 0 Å². The lowest BCUT2D eigenvalue weighted by atomic mass is 10.2. The Morgan fingerprint density at radius 1 is 1.31 bits per heavy atom. The zero-order chi connectivity index (χ0) is 10.3. The van der Waals surface area contributed by atoms with E-state index >= 15 is 0 Å². The molecule has 0 aliphatic heterocycles. The van der Waals surface area contributed by atoms with Crippen LogP contribution < -0.4 is 10.4 Å². The topological polar surface area (TPSA) is 0 Å². The van der Waals surface area contributed by atoms with Crippen molar-refractivity contribution in [3.63, 3.8) is 0 Å². The molecule has 0 aliphatic carbocycles. The molecule has 0 nitrogen and oxygen atoms in total. The van der Waals surface area contributed by atoms with Gasteiger partial charge in [0, 0.05) is 0 Å². The third kappa shape index (κ3) is 4.51. The molecule has 1 aromatic carbocycles. The van der Waals surface area contributed by atoms with Crippen molar-refractivity contribution in [2.75, 3.05) is 0 Å². The van der Waals surface area contributed by atoms with Gasteiger partial charge in [-0.15, -0.1) is 0 Å². The zero-order valence-corrected chi connectivity index (χ0v) is 9.22. The SMILES string of the molecule is C=c1ccc(C)c/c1=C/C.CCC. The van der Waals surface area contributed by atoms with Crippen LogP contribution in [0.4, 0.5) is 0 Å². The van der Waals surface area contributed by atoms with Crippen molar-refractivity contribution in [2.24, 2.45) is 0 Å². The highest BCUT2D eigenvalue weighted by Gasteiger charge is 1.81. The molecule has 0 heteroatoms. The summed E-state index contributed by atoms with van der Waals surface area (Å²) in [6.45, 7) is 12.3. The fourth-order valence-corrected chi connectivity index (χ4v) is 0.983. The molecule has 0 heterocycles.